The van der Waals surface area contributed by atoms with Gasteiger partial charge in [0.2, 0.25) is 0 Å². The summed E-state index contributed by atoms with van der Waals surface area (Å²) >= 11 is 11.7. The second-order valence-electron chi connectivity index (χ2n) is 3.46. The highest BCUT2D eigenvalue weighted by Gasteiger charge is 2.10. The minimum Gasteiger partial charge on any atom is -0.173 e. The van der Waals surface area contributed by atoms with E-state index in [0.29, 0.717) is 11.8 Å². The van der Waals surface area contributed by atoms with Crippen molar-refractivity contribution in [3.8, 4) is 0 Å². The van der Waals surface area contributed by atoms with Crippen LogP contribution in [0.4, 0.5) is 0 Å². The molecule has 0 fully saturated rings. The molecule has 0 aromatic heterocycles. The molecule has 2 nitrogen and oxygen atoms in total. The molecule has 2 atom stereocenters. The van der Waals surface area contributed by atoms with Crippen molar-refractivity contribution in [1.29, 1.82) is 0 Å². The zero-order valence-corrected chi connectivity index (χ0v) is 10.7. The molecule has 5 heteroatoms. The van der Waals surface area contributed by atoms with Gasteiger partial charge >= 0.3 is 0 Å². The molecule has 0 amide bonds. The second-order valence-corrected chi connectivity index (χ2v) is 4.36. The van der Waals surface area contributed by atoms with Gasteiger partial charge in [0.1, 0.15) is 11.0 Å². The molecule has 0 aliphatic rings. The maximum Gasteiger partial charge on any atom is 0.146 e. The van der Waals surface area contributed by atoms with E-state index in [1.807, 2.05) is 27.7 Å². The average molecular weight is 248 g/mol. The van der Waals surface area contributed by atoms with E-state index in [0.717, 1.165) is 0 Å². The number of rotatable bonds is 4. The smallest absolute Gasteiger partial charge is 0.146 e. The fourth-order valence-corrected chi connectivity index (χ4v) is 0.495. The van der Waals surface area contributed by atoms with Gasteiger partial charge in [-0.2, -0.15) is 10.2 Å². The Morgan fingerprint density at radius 2 is 1.00 bits per heavy atom. The van der Waals surface area contributed by atoms with E-state index in [9.17, 15) is 0 Å². The molecule has 0 aliphatic carbocycles. The average Bonchev–Trinajstić information content (AvgIpc) is 1.98. The highest BCUT2D eigenvalue weighted by molar-refractivity contribution is 6.21. The van der Waals surface area contributed by atoms with Crippen molar-refractivity contribution in [3.05, 3.63) is 0 Å². The lowest BCUT2D eigenvalue weighted by Gasteiger charge is -2.09. The fourth-order valence-electron chi connectivity index (χ4n) is 0.394. The molecule has 0 heterocycles. The Kier molecular flexibility index (Phi) is 9.60. The third-order valence-electron chi connectivity index (χ3n) is 1.39. The third-order valence-corrected chi connectivity index (χ3v) is 2.57. The minimum absolute atomic E-state index is 0. The second kappa shape index (κ2) is 7.84. The zero-order valence-electron chi connectivity index (χ0n) is 8.37. The van der Waals surface area contributed by atoms with E-state index in [2.05, 4.69) is 10.2 Å². The van der Waals surface area contributed by atoms with Crippen molar-refractivity contribution in [2.75, 3.05) is 0 Å². The molecule has 0 spiro atoms. The van der Waals surface area contributed by atoms with E-state index in [1.165, 1.54) is 0 Å². The Balaban J connectivity index is 0. The first kappa shape index (κ1) is 15.9. The number of alkyl halides is 2. The number of halogens is 3. The maximum atomic E-state index is 5.85. The Morgan fingerprint density at radius 3 is 1.15 bits per heavy atom. The third kappa shape index (κ3) is 7.53. The summed E-state index contributed by atoms with van der Waals surface area (Å²) < 4.78 is 0. The van der Waals surface area contributed by atoms with Crippen molar-refractivity contribution >= 4 is 35.6 Å². The predicted molar refractivity (Wildman–Crippen MR) is 61.1 cm³/mol. The summed E-state index contributed by atoms with van der Waals surface area (Å²) in [5.41, 5.74) is -0.519. The summed E-state index contributed by atoms with van der Waals surface area (Å²) in [7, 11) is 0. The topological polar surface area (TPSA) is 24.7 Å². The van der Waals surface area contributed by atoms with Crippen LogP contribution in [0, 0.1) is 11.8 Å². The van der Waals surface area contributed by atoms with Crippen LogP contribution >= 0.6 is 35.6 Å². The van der Waals surface area contributed by atoms with Gasteiger partial charge in [0.25, 0.3) is 0 Å². The van der Waals surface area contributed by atoms with Gasteiger partial charge < -0.3 is 0 Å². The maximum absolute atomic E-state index is 5.85. The Labute approximate surface area is 96.5 Å². The number of hydrogen-bond acceptors (Lipinski definition) is 2. The van der Waals surface area contributed by atoms with E-state index in [1.54, 1.807) is 0 Å². The first-order chi connectivity index (χ1) is 5.45. The Morgan fingerprint density at radius 1 is 0.769 bits per heavy atom. The van der Waals surface area contributed by atoms with Crippen molar-refractivity contribution < 1.29 is 0 Å². The molecule has 0 saturated carbocycles. The van der Waals surface area contributed by atoms with Crippen LogP contribution < -0.4 is 0 Å². The molecule has 0 N–H and O–H groups in total. The normalized spacial score (nSPS) is 16.3. The van der Waals surface area contributed by atoms with E-state index < -0.39 is 0 Å². The van der Waals surface area contributed by atoms with Gasteiger partial charge in [-0.25, -0.2) is 0 Å². The first-order valence-corrected chi connectivity index (χ1v) is 5.00. The van der Waals surface area contributed by atoms with Crippen LogP contribution in [0.2, 0.25) is 0 Å². The molecule has 0 saturated heterocycles. The largest absolute Gasteiger partial charge is 0.173 e. The zero-order chi connectivity index (χ0) is 9.72. The molecule has 0 bridgehead atoms. The van der Waals surface area contributed by atoms with Gasteiger partial charge in [-0.3, -0.25) is 0 Å². The lowest BCUT2D eigenvalue weighted by atomic mass is 10.2. The van der Waals surface area contributed by atoms with Gasteiger partial charge in [-0.05, 0) is 11.8 Å². The number of azo groups is 1. The van der Waals surface area contributed by atoms with Crippen LogP contribution in [0.3, 0.4) is 0 Å². The van der Waals surface area contributed by atoms with Crippen molar-refractivity contribution in [3.63, 3.8) is 0 Å². The van der Waals surface area contributed by atoms with Gasteiger partial charge in [-0.15, -0.1) is 12.4 Å². The van der Waals surface area contributed by atoms with Crippen molar-refractivity contribution in [1.82, 2.24) is 0 Å². The molecule has 0 rings (SSSR count). The predicted octanol–water partition coefficient (Wildman–Crippen LogP) is 4.30. The summed E-state index contributed by atoms with van der Waals surface area (Å²) in [6, 6.07) is 0. The van der Waals surface area contributed by atoms with E-state index >= 15 is 0 Å². The molecule has 0 radical (unpaired) electrons. The molecular weight excluding hydrogens is 230 g/mol. The van der Waals surface area contributed by atoms with Gasteiger partial charge in [-0.1, -0.05) is 50.9 Å². The van der Waals surface area contributed by atoms with Crippen LogP contribution in [0.25, 0.3) is 0 Å². The molecule has 0 aromatic rings. The molecular formula is C8H17Cl3N2. The summed E-state index contributed by atoms with van der Waals surface area (Å²) in [4.78, 5) is 0. The summed E-state index contributed by atoms with van der Waals surface area (Å²) in [5, 5.41) is 7.81. The Bertz CT molecular complexity index is 132. The van der Waals surface area contributed by atoms with Crippen molar-refractivity contribution in [2.24, 2.45) is 22.1 Å². The first-order valence-electron chi connectivity index (χ1n) is 4.13. The highest BCUT2D eigenvalue weighted by Crippen LogP contribution is 2.16. The van der Waals surface area contributed by atoms with Gasteiger partial charge in [0.05, 0.1) is 0 Å². The molecule has 80 valence electrons. The SMILES string of the molecule is CC(C)C(Cl)N=NC(Cl)C(C)C.Cl. The monoisotopic (exact) mass is 246 g/mol. The molecule has 0 aliphatic heterocycles. The van der Waals surface area contributed by atoms with Crippen LogP contribution in [-0.4, -0.2) is 11.0 Å². The minimum atomic E-state index is -0.259. The lowest BCUT2D eigenvalue weighted by Crippen LogP contribution is -2.07. The molecule has 2 unspecified atom stereocenters. The summed E-state index contributed by atoms with van der Waals surface area (Å²) in [6.45, 7) is 7.98. The summed E-state index contributed by atoms with van der Waals surface area (Å²) in [5.74, 6) is 0.595. The number of nitrogens with zero attached hydrogens (tertiary/aromatic N) is 2. The number of hydrogen-bond donors (Lipinski definition) is 0. The van der Waals surface area contributed by atoms with Gasteiger partial charge in [0.15, 0.2) is 0 Å². The molecule has 13 heavy (non-hydrogen) atoms. The van der Waals surface area contributed by atoms with E-state index in [-0.39, 0.29) is 23.4 Å². The standard InChI is InChI=1S/C8H16Cl2N2.ClH/c1-5(2)7(9)11-12-8(10)6(3)4;/h5-8H,1-4H3;1H. The highest BCUT2D eigenvalue weighted by atomic mass is 35.5. The molecule has 0 aromatic carbocycles. The van der Waals surface area contributed by atoms with Gasteiger partial charge in [0, 0.05) is 0 Å². The lowest BCUT2D eigenvalue weighted by molar-refractivity contribution is 0.544. The van der Waals surface area contributed by atoms with Crippen LogP contribution in [-0.2, 0) is 0 Å². The quantitative estimate of drug-likeness (QED) is 0.402. The summed E-state index contributed by atoms with van der Waals surface area (Å²) in [6.07, 6.45) is 0. The van der Waals surface area contributed by atoms with Crippen LogP contribution in [0.1, 0.15) is 27.7 Å². The van der Waals surface area contributed by atoms with Crippen LogP contribution in [0.15, 0.2) is 10.2 Å². The van der Waals surface area contributed by atoms with Crippen LogP contribution in [0.5, 0.6) is 0 Å². The fraction of sp³-hybridized carbons (Fsp3) is 1.00. The van der Waals surface area contributed by atoms with Crippen molar-refractivity contribution in [2.45, 2.75) is 38.7 Å². The van der Waals surface area contributed by atoms with E-state index in [4.69, 9.17) is 23.2 Å². The Hall–Kier alpha value is 0.470.